The number of hydrogen-bond acceptors (Lipinski definition) is 5. The molecule has 0 radical (unpaired) electrons. The van der Waals surface area contributed by atoms with Crippen molar-refractivity contribution in [1.82, 2.24) is 5.32 Å². The number of anilines is 1. The van der Waals surface area contributed by atoms with Crippen molar-refractivity contribution in [3.05, 3.63) is 46.4 Å². The molecule has 0 spiro atoms. The molecular weight excluding hydrogens is 416 g/mol. The Morgan fingerprint density at radius 1 is 1.15 bits per heavy atom. The predicted molar refractivity (Wildman–Crippen MR) is 101 cm³/mol. The molecular formula is C19H17BrN2O5. The molecule has 1 N–H and O–H groups in total. The van der Waals surface area contributed by atoms with Crippen molar-refractivity contribution in [3.8, 4) is 17.2 Å². The van der Waals surface area contributed by atoms with Gasteiger partial charge in [0.05, 0.1) is 11.7 Å². The Morgan fingerprint density at radius 2 is 1.96 bits per heavy atom. The third-order valence-electron chi connectivity index (χ3n) is 4.44. The van der Waals surface area contributed by atoms with Gasteiger partial charge in [-0.3, -0.25) is 14.5 Å². The highest BCUT2D eigenvalue weighted by Gasteiger charge is 2.28. The highest BCUT2D eigenvalue weighted by Crippen LogP contribution is 2.35. The minimum absolute atomic E-state index is 0.0777. The lowest BCUT2D eigenvalue weighted by Crippen LogP contribution is -2.45. The summed E-state index contributed by atoms with van der Waals surface area (Å²) in [7, 11) is 0. The number of rotatable bonds is 4. The topological polar surface area (TPSA) is 77.1 Å². The molecule has 0 saturated heterocycles. The second-order valence-electron chi connectivity index (χ2n) is 6.28. The zero-order valence-corrected chi connectivity index (χ0v) is 16.1. The van der Waals surface area contributed by atoms with Gasteiger partial charge >= 0.3 is 0 Å². The van der Waals surface area contributed by atoms with Crippen molar-refractivity contribution in [1.29, 1.82) is 0 Å². The van der Waals surface area contributed by atoms with E-state index in [1.165, 1.54) is 4.90 Å². The Morgan fingerprint density at radius 3 is 2.81 bits per heavy atom. The number of hydrogen-bond donors (Lipinski definition) is 1. The molecule has 2 heterocycles. The van der Waals surface area contributed by atoms with Crippen LogP contribution in [0.25, 0.3) is 0 Å². The molecule has 2 aliphatic heterocycles. The van der Waals surface area contributed by atoms with Gasteiger partial charge in [0.15, 0.2) is 18.1 Å². The number of nitrogens with zero attached hydrogens (tertiary/aromatic N) is 1. The van der Waals surface area contributed by atoms with E-state index in [0.717, 1.165) is 10.0 Å². The van der Waals surface area contributed by atoms with E-state index in [4.69, 9.17) is 14.2 Å². The second kappa shape index (κ2) is 7.11. The zero-order chi connectivity index (χ0) is 19.0. The fourth-order valence-corrected chi connectivity index (χ4v) is 3.39. The molecule has 2 aromatic rings. The molecule has 2 aliphatic rings. The summed E-state index contributed by atoms with van der Waals surface area (Å²) < 4.78 is 17.0. The van der Waals surface area contributed by atoms with Crippen LogP contribution in [-0.4, -0.2) is 31.8 Å². The van der Waals surface area contributed by atoms with Crippen LogP contribution in [0.2, 0.25) is 0 Å². The maximum Gasteiger partial charge on any atom is 0.265 e. The van der Waals surface area contributed by atoms with E-state index < -0.39 is 0 Å². The normalized spacial score (nSPS) is 15.8. The van der Waals surface area contributed by atoms with Gasteiger partial charge in [0.1, 0.15) is 12.3 Å². The fraction of sp³-hybridized carbons (Fsp3) is 0.263. The molecule has 27 heavy (non-hydrogen) atoms. The van der Waals surface area contributed by atoms with Crippen LogP contribution in [0.1, 0.15) is 18.5 Å². The monoisotopic (exact) mass is 432 g/mol. The SMILES string of the molecule is CC(NC(=O)CN1C(=O)COc2cc(Br)ccc21)c1ccc2c(c1)OCO2. The molecule has 2 amide bonds. The summed E-state index contributed by atoms with van der Waals surface area (Å²) in [6, 6.07) is 10.6. The fourth-order valence-electron chi connectivity index (χ4n) is 3.05. The Kier molecular flexibility index (Phi) is 4.65. The van der Waals surface area contributed by atoms with E-state index in [-0.39, 0.29) is 37.8 Å². The van der Waals surface area contributed by atoms with E-state index in [2.05, 4.69) is 21.2 Å². The average molecular weight is 433 g/mol. The van der Waals surface area contributed by atoms with Crippen LogP contribution in [0.4, 0.5) is 5.69 Å². The highest BCUT2D eigenvalue weighted by atomic mass is 79.9. The second-order valence-corrected chi connectivity index (χ2v) is 7.20. The van der Waals surface area contributed by atoms with Gasteiger partial charge in [-0.05, 0) is 42.8 Å². The standard InChI is InChI=1S/C19H17BrN2O5/c1-11(12-2-5-15-17(6-12)27-10-26-15)21-18(23)8-22-14-4-3-13(20)7-16(14)25-9-19(22)24/h2-7,11H,8-10H2,1H3,(H,21,23). The average Bonchev–Trinajstić information content (AvgIpc) is 3.11. The molecule has 1 atom stereocenters. The van der Waals surface area contributed by atoms with Crippen molar-refractivity contribution in [2.24, 2.45) is 0 Å². The molecule has 7 nitrogen and oxygen atoms in total. The molecule has 2 aromatic carbocycles. The number of ether oxygens (including phenoxy) is 3. The Balaban J connectivity index is 1.46. The van der Waals surface area contributed by atoms with Crippen molar-refractivity contribution in [2.45, 2.75) is 13.0 Å². The quantitative estimate of drug-likeness (QED) is 0.803. The van der Waals surface area contributed by atoms with Crippen LogP contribution >= 0.6 is 15.9 Å². The summed E-state index contributed by atoms with van der Waals surface area (Å²) in [5.41, 5.74) is 1.48. The van der Waals surface area contributed by atoms with E-state index in [1.54, 1.807) is 18.2 Å². The van der Waals surface area contributed by atoms with Gasteiger partial charge in [-0.25, -0.2) is 0 Å². The largest absolute Gasteiger partial charge is 0.482 e. The van der Waals surface area contributed by atoms with Crippen LogP contribution in [0.15, 0.2) is 40.9 Å². The van der Waals surface area contributed by atoms with E-state index in [1.807, 2.05) is 25.1 Å². The Labute approximate surface area is 164 Å². The number of nitrogens with one attached hydrogen (secondary N) is 1. The number of halogens is 1. The van der Waals surface area contributed by atoms with Crippen molar-refractivity contribution in [2.75, 3.05) is 24.8 Å². The van der Waals surface area contributed by atoms with Gasteiger partial charge in [-0.2, -0.15) is 0 Å². The Hall–Kier alpha value is -2.74. The molecule has 4 rings (SSSR count). The predicted octanol–water partition coefficient (Wildman–Crippen LogP) is 2.78. The highest BCUT2D eigenvalue weighted by molar-refractivity contribution is 9.10. The molecule has 8 heteroatoms. The first kappa shape index (κ1) is 17.7. The lowest BCUT2D eigenvalue weighted by molar-refractivity contribution is -0.125. The number of fused-ring (bicyclic) bond motifs is 2. The summed E-state index contributed by atoms with van der Waals surface area (Å²) in [5, 5.41) is 2.92. The van der Waals surface area contributed by atoms with Crippen LogP contribution in [-0.2, 0) is 9.59 Å². The van der Waals surface area contributed by atoms with Crippen molar-refractivity contribution >= 4 is 33.4 Å². The van der Waals surface area contributed by atoms with Crippen LogP contribution in [0.5, 0.6) is 17.2 Å². The van der Waals surface area contributed by atoms with Crippen LogP contribution < -0.4 is 24.4 Å². The lowest BCUT2D eigenvalue weighted by Gasteiger charge is -2.29. The number of benzene rings is 2. The maximum absolute atomic E-state index is 12.5. The van der Waals surface area contributed by atoms with Crippen molar-refractivity contribution in [3.63, 3.8) is 0 Å². The molecule has 140 valence electrons. The molecule has 0 saturated carbocycles. The summed E-state index contributed by atoms with van der Waals surface area (Å²) in [5.74, 6) is 1.41. The van der Waals surface area contributed by atoms with Gasteiger partial charge in [0, 0.05) is 4.47 Å². The third-order valence-corrected chi connectivity index (χ3v) is 4.93. The van der Waals surface area contributed by atoms with E-state index in [9.17, 15) is 9.59 Å². The van der Waals surface area contributed by atoms with Crippen molar-refractivity contribution < 1.29 is 23.8 Å². The van der Waals surface area contributed by atoms with Gasteiger partial charge in [0.25, 0.3) is 5.91 Å². The van der Waals surface area contributed by atoms with Gasteiger partial charge in [-0.1, -0.05) is 22.0 Å². The van der Waals surface area contributed by atoms with E-state index >= 15 is 0 Å². The third kappa shape index (κ3) is 3.57. The van der Waals surface area contributed by atoms with Gasteiger partial charge in [-0.15, -0.1) is 0 Å². The first-order valence-electron chi connectivity index (χ1n) is 8.43. The number of amides is 2. The smallest absolute Gasteiger partial charge is 0.265 e. The first-order valence-corrected chi connectivity index (χ1v) is 9.22. The minimum atomic E-state index is -0.260. The van der Waals surface area contributed by atoms with Gasteiger partial charge < -0.3 is 19.5 Å². The maximum atomic E-state index is 12.5. The van der Waals surface area contributed by atoms with Crippen LogP contribution in [0, 0.1) is 0 Å². The van der Waals surface area contributed by atoms with Gasteiger partial charge in [0.2, 0.25) is 12.7 Å². The number of carbonyl (C=O) groups is 2. The number of carbonyl (C=O) groups excluding carboxylic acids is 2. The van der Waals surface area contributed by atoms with E-state index in [0.29, 0.717) is 22.9 Å². The Bertz CT molecular complexity index is 917. The minimum Gasteiger partial charge on any atom is -0.482 e. The van der Waals surface area contributed by atoms with Crippen LogP contribution in [0.3, 0.4) is 0 Å². The molecule has 1 unspecified atom stereocenters. The molecule has 0 aromatic heterocycles. The lowest BCUT2D eigenvalue weighted by atomic mass is 10.1. The summed E-state index contributed by atoms with van der Waals surface area (Å²) in [4.78, 5) is 26.2. The first-order chi connectivity index (χ1) is 13.0. The molecule has 0 fully saturated rings. The summed E-state index contributed by atoms with van der Waals surface area (Å²) >= 11 is 3.37. The molecule has 0 bridgehead atoms. The zero-order valence-electron chi connectivity index (χ0n) is 14.5. The molecule has 0 aliphatic carbocycles. The summed E-state index contributed by atoms with van der Waals surface area (Å²) in [6.45, 7) is 1.91. The summed E-state index contributed by atoms with van der Waals surface area (Å²) in [6.07, 6.45) is 0.